The molecular formula is C23H19N3O3S. The van der Waals surface area contributed by atoms with Crippen molar-refractivity contribution in [2.24, 2.45) is 0 Å². The van der Waals surface area contributed by atoms with Crippen molar-refractivity contribution in [1.29, 1.82) is 0 Å². The molecule has 150 valence electrons. The summed E-state index contributed by atoms with van der Waals surface area (Å²) < 4.78 is 11.0. The van der Waals surface area contributed by atoms with Crippen molar-refractivity contribution < 1.29 is 13.9 Å². The number of amides is 1. The highest BCUT2D eigenvalue weighted by Gasteiger charge is 2.13. The van der Waals surface area contributed by atoms with Crippen LogP contribution < -0.4 is 15.4 Å². The third kappa shape index (κ3) is 4.31. The molecule has 0 atom stereocenters. The number of nitrogens with zero attached hydrogens (tertiary/aromatic N) is 1. The van der Waals surface area contributed by atoms with Gasteiger partial charge in [0.1, 0.15) is 11.3 Å². The molecule has 0 aliphatic rings. The van der Waals surface area contributed by atoms with Crippen LogP contribution in [0.1, 0.15) is 15.9 Å². The van der Waals surface area contributed by atoms with E-state index in [2.05, 4.69) is 15.6 Å². The molecule has 2 N–H and O–H groups in total. The summed E-state index contributed by atoms with van der Waals surface area (Å²) in [7, 11) is 1.52. The van der Waals surface area contributed by atoms with Crippen LogP contribution in [-0.4, -0.2) is 23.1 Å². The summed E-state index contributed by atoms with van der Waals surface area (Å²) in [5.41, 5.74) is 3.90. The van der Waals surface area contributed by atoms with Crippen LogP contribution in [0.25, 0.3) is 22.6 Å². The molecule has 0 aliphatic heterocycles. The second kappa shape index (κ2) is 8.75. The molecule has 4 aromatic rings. The quantitative estimate of drug-likeness (QED) is 0.472. The molecule has 1 aromatic heterocycles. The number of hydrogen-bond donors (Lipinski definition) is 2. The van der Waals surface area contributed by atoms with E-state index in [0.29, 0.717) is 23.7 Å². The van der Waals surface area contributed by atoms with Gasteiger partial charge in [-0.1, -0.05) is 36.4 Å². The minimum absolute atomic E-state index is 0.244. The Morgan fingerprint density at radius 1 is 1.03 bits per heavy atom. The van der Waals surface area contributed by atoms with Gasteiger partial charge in [-0.2, -0.15) is 0 Å². The van der Waals surface area contributed by atoms with Gasteiger partial charge in [-0.15, -0.1) is 0 Å². The predicted octanol–water partition coefficient (Wildman–Crippen LogP) is 4.31. The van der Waals surface area contributed by atoms with Crippen molar-refractivity contribution in [1.82, 2.24) is 15.6 Å². The van der Waals surface area contributed by atoms with Gasteiger partial charge in [-0.05, 0) is 54.2 Å². The summed E-state index contributed by atoms with van der Waals surface area (Å²) in [5, 5.41) is 5.95. The molecule has 0 fully saturated rings. The van der Waals surface area contributed by atoms with Crippen molar-refractivity contribution in [3.63, 3.8) is 0 Å². The van der Waals surface area contributed by atoms with E-state index >= 15 is 0 Å². The lowest BCUT2D eigenvalue weighted by molar-refractivity contribution is 0.0973. The molecule has 0 saturated heterocycles. The smallest absolute Gasteiger partial charge is 0.261 e. The number of thiocarbonyl (C=S) groups is 1. The molecule has 6 nitrogen and oxygen atoms in total. The normalized spacial score (nSPS) is 10.6. The number of aromatic nitrogens is 1. The molecule has 1 heterocycles. The molecule has 1 amide bonds. The lowest BCUT2D eigenvalue weighted by Gasteiger charge is -2.11. The first-order chi connectivity index (χ1) is 14.6. The Hall–Kier alpha value is -3.71. The summed E-state index contributed by atoms with van der Waals surface area (Å²) in [6.45, 7) is 0.471. The van der Waals surface area contributed by atoms with Gasteiger partial charge in [0.05, 0.1) is 12.7 Å². The minimum Gasteiger partial charge on any atom is -0.496 e. The number of carbonyl (C=O) groups excluding carboxylic acids is 1. The van der Waals surface area contributed by atoms with Crippen LogP contribution in [0.5, 0.6) is 5.75 Å². The predicted molar refractivity (Wildman–Crippen MR) is 119 cm³/mol. The number of methoxy groups -OCH3 is 1. The molecule has 30 heavy (non-hydrogen) atoms. The van der Waals surface area contributed by atoms with Crippen LogP contribution >= 0.6 is 12.2 Å². The summed E-state index contributed by atoms with van der Waals surface area (Å²) in [5.74, 6) is 0.749. The zero-order valence-corrected chi connectivity index (χ0v) is 17.0. The molecule has 0 aliphatic carbocycles. The van der Waals surface area contributed by atoms with Gasteiger partial charge in [0.25, 0.3) is 5.91 Å². The molecule has 0 spiro atoms. The minimum atomic E-state index is -0.323. The Bertz CT molecular complexity index is 1170. The largest absolute Gasteiger partial charge is 0.496 e. The van der Waals surface area contributed by atoms with Gasteiger partial charge in [0.2, 0.25) is 5.89 Å². The first-order valence-corrected chi connectivity index (χ1v) is 9.72. The highest BCUT2D eigenvalue weighted by molar-refractivity contribution is 7.80. The number of rotatable bonds is 5. The highest BCUT2D eigenvalue weighted by atomic mass is 32.1. The Labute approximate surface area is 178 Å². The molecule has 0 bridgehead atoms. The monoisotopic (exact) mass is 417 g/mol. The number of para-hydroxylation sites is 3. The van der Waals surface area contributed by atoms with E-state index in [9.17, 15) is 4.79 Å². The van der Waals surface area contributed by atoms with Gasteiger partial charge >= 0.3 is 0 Å². The van der Waals surface area contributed by atoms with Crippen LogP contribution in [0.4, 0.5) is 0 Å². The van der Waals surface area contributed by atoms with Gasteiger partial charge < -0.3 is 14.5 Å². The average Bonchev–Trinajstić information content (AvgIpc) is 3.22. The van der Waals surface area contributed by atoms with Crippen LogP contribution in [0.2, 0.25) is 0 Å². The fraction of sp³-hybridized carbons (Fsp3) is 0.0870. The van der Waals surface area contributed by atoms with E-state index in [0.717, 1.165) is 22.2 Å². The number of benzene rings is 3. The zero-order valence-electron chi connectivity index (χ0n) is 16.2. The zero-order chi connectivity index (χ0) is 20.9. The maximum atomic E-state index is 12.4. The molecular weight excluding hydrogens is 398 g/mol. The number of fused-ring (bicyclic) bond motifs is 1. The second-order valence-corrected chi connectivity index (χ2v) is 6.93. The lowest BCUT2D eigenvalue weighted by Crippen LogP contribution is -2.38. The Kier molecular flexibility index (Phi) is 5.72. The summed E-state index contributed by atoms with van der Waals surface area (Å²) in [6, 6.07) is 22.4. The maximum absolute atomic E-state index is 12.4. The van der Waals surface area contributed by atoms with Crippen molar-refractivity contribution in [2.45, 2.75) is 6.54 Å². The summed E-state index contributed by atoms with van der Waals surface area (Å²) >= 11 is 5.24. The lowest BCUT2D eigenvalue weighted by atomic mass is 10.1. The molecule has 0 radical (unpaired) electrons. The maximum Gasteiger partial charge on any atom is 0.261 e. The summed E-state index contributed by atoms with van der Waals surface area (Å²) in [4.78, 5) is 16.9. The second-order valence-electron chi connectivity index (χ2n) is 6.52. The van der Waals surface area contributed by atoms with E-state index in [-0.39, 0.29) is 11.0 Å². The van der Waals surface area contributed by atoms with E-state index in [1.165, 1.54) is 7.11 Å². The first-order valence-electron chi connectivity index (χ1n) is 9.31. The van der Waals surface area contributed by atoms with Crippen LogP contribution in [0.3, 0.4) is 0 Å². The van der Waals surface area contributed by atoms with Crippen molar-refractivity contribution in [2.75, 3.05) is 7.11 Å². The third-order valence-electron chi connectivity index (χ3n) is 4.53. The van der Waals surface area contributed by atoms with Crippen molar-refractivity contribution >= 4 is 34.3 Å². The van der Waals surface area contributed by atoms with Gasteiger partial charge in [-0.3, -0.25) is 10.1 Å². The third-order valence-corrected chi connectivity index (χ3v) is 4.77. The molecule has 0 unspecified atom stereocenters. The number of nitrogens with one attached hydrogen (secondary N) is 2. The fourth-order valence-electron chi connectivity index (χ4n) is 2.99. The van der Waals surface area contributed by atoms with Crippen molar-refractivity contribution in [3.8, 4) is 17.2 Å². The Morgan fingerprint density at radius 3 is 2.53 bits per heavy atom. The number of carbonyl (C=O) groups is 1. The number of ether oxygens (including phenoxy) is 1. The standard InChI is InChI=1S/C23H19N3O3S/c1-28-19-8-4-2-6-17(19)21(27)26-23(30)24-14-15-10-12-16(13-11-15)22-25-18-7-3-5-9-20(18)29-22/h2-13H,14H2,1H3,(H2,24,26,27,30). The summed E-state index contributed by atoms with van der Waals surface area (Å²) in [6.07, 6.45) is 0. The van der Waals surface area contributed by atoms with Gasteiger partial charge in [0, 0.05) is 12.1 Å². The van der Waals surface area contributed by atoms with Crippen LogP contribution in [0.15, 0.2) is 77.2 Å². The van der Waals surface area contributed by atoms with Gasteiger partial charge in [0.15, 0.2) is 10.7 Å². The fourth-order valence-corrected chi connectivity index (χ4v) is 3.15. The van der Waals surface area contributed by atoms with Gasteiger partial charge in [-0.25, -0.2) is 4.98 Å². The van der Waals surface area contributed by atoms with E-state index in [4.69, 9.17) is 21.4 Å². The molecule has 0 saturated carbocycles. The average molecular weight is 417 g/mol. The van der Waals surface area contributed by atoms with Crippen molar-refractivity contribution in [3.05, 3.63) is 83.9 Å². The molecule has 7 heteroatoms. The Morgan fingerprint density at radius 2 is 1.77 bits per heavy atom. The SMILES string of the molecule is COc1ccccc1C(=O)NC(=S)NCc1ccc(-c2nc3ccccc3o2)cc1. The topological polar surface area (TPSA) is 76.4 Å². The van der Waals surface area contributed by atoms with E-state index in [1.54, 1.807) is 24.3 Å². The van der Waals surface area contributed by atoms with Crippen LogP contribution in [-0.2, 0) is 6.54 Å². The highest BCUT2D eigenvalue weighted by Crippen LogP contribution is 2.24. The number of oxazole rings is 1. The number of hydrogen-bond acceptors (Lipinski definition) is 5. The van der Waals surface area contributed by atoms with E-state index in [1.807, 2.05) is 48.5 Å². The Balaban J connectivity index is 1.35. The first kappa shape index (κ1) is 19.6. The van der Waals surface area contributed by atoms with Crippen LogP contribution in [0, 0.1) is 0 Å². The van der Waals surface area contributed by atoms with E-state index < -0.39 is 0 Å². The molecule has 4 rings (SSSR count). The molecule has 3 aromatic carbocycles.